The molecule has 1 unspecified atom stereocenters. The van der Waals surface area contributed by atoms with Gasteiger partial charge in [0.25, 0.3) is 5.56 Å². The zero-order valence-corrected chi connectivity index (χ0v) is 21.8. The number of piperazine rings is 1. The van der Waals surface area contributed by atoms with Crippen molar-refractivity contribution in [3.63, 3.8) is 0 Å². The van der Waals surface area contributed by atoms with Gasteiger partial charge in [-0.25, -0.2) is 9.37 Å². The maximum atomic E-state index is 15.4. The van der Waals surface area contributed by atoms with Gasteiger partial charge in [0.05, 0.1) is 33.7 Å². The molecular weight excluding hydrogens is 477 g/mol. The fraction of sp³-hybridized carbons (Fsp3) is 0.462. The second-order valence-corrected chi connectivity index (χ2v) is 10.3. The number of thiazole rings is 1. The summed E-state index contributed by atoms with van der Waals surface area (Å²) in [4.78, 5) is 21.8. The molecule has 0 N–H and O–H groups in total. The van der Waals surface area contributed by atoms with Crippen LogP contribution < -0.4 is 10.5 Å². The molecule has 3 atom stereocenters. The Kier molecular flexibility index (Phi) is 6.53. The minimum absolute atomic E-state index is 0.105. The highest BCUT2D eigenvalue weighted by atomic mass is 32.1. The third-order valence-corrected chi connectivity index (χ3v) is 8.37. The van der Waals surface area contributed by atoms with E-state index in [9.17, 15) is 4.79 Å². The Morgan fingerprint density at radius 3 is 2.72 bits per heavy atom. The van der Waals surface area contributed by atoms with Crippen LogP contribution in [0.3, 0.4) is 0 Å². The van der Waals surface area contributed by atoms with E-state index in [1.807, 2.05) is 12.1 Å². The van der Waals surface area contributed by atoms with Gasteiger partial charge in [-0.3, -0.25) is 14.4 Å². The Morgan fingerprint density at radius 2 is 2.00 bits per heavy atom. The fourth-order valence-corrected chi connectivity index (χ4v) is 6.15. The van der Waals surface area contributed by atoms with Crippen LogP contribution in [0.4, 0.5) is 10.1 Å². The first-order chi connectivity index (χ1) is 17.4. The van der Waals surface area contributed by atoms with Gasteiger partial charge in [0.15, 0.2) is 5.82 Å². The number of hydrogen-bond donors (Lipinski definition) is 0. The maximum absolute atomic E-state index is 15.4. The van der Waals surface area contributed by atoms with E-state index in [0.717, 1.165) is 35.3 Å². The predicted octanol–water partition coefficient (Wildman–Crippen LogP) is 4.45. The summed E-state index contributed by atoms with van der Waals surface area (Å²) >= 11 is 1.45. The van der Waals surface area contributed by atoms with Crippen LogP contribution >= 0.6 is 11.3 Å². The SMILES string of the molecule is CC[C@H]1CN(C(C)c2ccc3scnc3c2F)[C@H](CC)CN1c1cc(=O)n(C)c2cn(CC#N)nc12. The summed E-state index contributed by atoms with van der Waals surface area (Å²) in [6.45, 7) is 7.92. The van der Waals surface area contributed by atoms with Gasteiger partial charge >= 0.3 is 0 Å². The lowest BCUT2D eigenvalue weighted by Gasteiger charge is -2.49. The van der Waals surface area contributed by atoms with Crippen LogP contribution in [0.2, 0.25) is 0 Å². The van der Waals surface area contributed by atoms with Crippen molar-refractivity contribution < 1.29 is 4.39 Å². The average Bonchev–Trinajstić information content (AvgIpc) is 3.53. The Morgan fingerprint density at radius 1 is 1.22 bits per heavy atom. The lowest BCUT2D eigenvalue weighted by molar-refractivity contribution is 0.0995. The molecule has 0 radical (unpaired) electrons. The van der Waals surface area contributed by atoms with Crippen molar-refractivity contribution in [3.8, 4) is 6.07 Å². The van der Waals surface area contributed by atoms with Crippen LogP contribution in [0.1, 0.15) is 45.2 Å². The Labute approximate surface area is 213 Å². The average molecular weight is 508 g/mol. The zero-order valence-electron chi connectivity index (χ0n) is 21.0. The van der Waals surface area contributed by atoms with E-state index in [1.165, 1.54) is 11.3 Å². The van der Waals surface area contributed by atoms with E-state index in [1.54, 1.807) is 34.1 Å². The van der Waals surface area contributed by atoms with Gasteiger partial charge in [-0.2, -0.15) is 10.4 Å². The van der Waals surface area contributed by atoms with Crippen LogP contribution in [-0.4, -0.2) is 49.4 Å². The zero-order chi connectivity index (χ0) is 25.6. The molecule has 5 rings (SSSR count). The second-order valence-electron chi connectivity index (χ2n) is 9.46. The summed E-state index contributed by atoms with van der Waals surface area (Å²) < 4.78 is 19.4. The van der Waals surface area contributed by atoms with Gasteiger partial charge < -0.3 is 9.47 Å². The van der Waals surface area contributed by atoms with E-state index in [4.69, 9.17) is 5.26 Å². The molecule has 4 heterocycles. The van der Waals surface area contributed by atoms with Crippen molar-refractivity contribution in [2.75, 3.05) is 18.0 Å². The predicted molar refractivity (Wildman–Crippen MR) is 141 cm³/mol. The van der Waals surface area contributed by atoms with Gasteiger partial charge in [-0.1, -0.05) is 19.9 Å². The van der Waals surface area contributed by atoms with Crippen molar-refractivity contribution >= 4 is 38.3 Å². The van der Waals surface area contributed by atoms with E-state index in [-0.39, 0.29) is 36.0 Å². The Hall–Kier alpha value is -3.29. The number of nitrogens with zero attached hydrogens (tertiary/aromatic N) is 7. The molecule has 3 aromatic heterocycles. The van der Waals surface area contributed by atoms with Gasteiger partial charge in [0, 0.05) is 49.9 Å². The number of fused-ring (bicyclic) bond motifs is 2. The Balaban J connectivity index is 1.53. The van der Waals surface area contributed by atoms with Crippen molar-refractivity contribution in [2.45, 2.75) is 58.3 Å². The monoisotopic (exact) mass is 507 g/mol. The lowest BCUT2D eigenvalue weighted by atomic mass is 9.96. The smallest absolute Gasteiger partial charge is 0.252 e. The quantitative estimate of drug-likeness (QED) is 0.384. The van der Waals surface area contributed by atoms with Crippen LogP contribution in [0.5, 0.6) is 0 Å². The summed E-state index contributed by atoms with van der Waals surface area (Å²) in [6.07, 6.45) is 3.51. The first-order valence-corrected chi connectivity index (χ1v) is 13.2. The van der Waals surface area contributed by atoms with Crippen LogP contribution in [0.15, 0.2) is 34.7 Å². The number of benzene rings is 1. The molecule has 0 bridgehead atoms. The minimum atomic E-state index is -0.233. The Bertz CT molecular complexity index is 1520. The van der Waals surface area contributed by atoms with E-state index in [0.29, 0.717) is 23.1 Å². The molecule has 0 aliphatic carbocycles. The summed E-state index contributed by atoms with van der Waals surface area (Å²) in [5.41, 5.74) is 4.93. The molecular formula is C26H30FN7OS. The summed E-state index contributed by atoms with van der Waals surface area (Å²) in [6, 6.07) is 7.81. The topological polar surface area (TPSA) is 83.0 Å². The van der Waals surface area contributed by atoms with Gasteiger partial charge in [-0.15, -0.1) is 11.3 Å². The number of pyridine rings is 1. The molecule has 0 saturated carbocycles. The number of rotatable bonds is 6. The molecule has 4 aromatic rings. The largest absolute Gasteiger partial charge is 0.364 e. The molecule has 10 heteroatoms. The number of nitriles is 1. The molecule has 0 amide bonds. The number of hydrogen-bond acceptors (Lipinski definition) is 7. The van der Waals surface area contributed by atoms with Crippen molar-refractivity contribution in [2.24, 2.45) is 7.05 Å². The molecule has 1 aliphatic rings. The van der Waals surface area contributed by atoms with E-state index in [2.05, 4.69) is 46.7 Å². The molecule has 8 nitrogen and oxygen atoms in total. The number of aromatic nitrogens is 4. The first kappa shape index (κ1) is 24.4. The third kappa shape index (κ3) is 3.96. The summed E-state index contributed by atoms with van der Waals surface area (Å²) in [5, 5.41) is 13.8. The number of halogens is 1. The molecule has 0 spiro atoms. The molecule has 188 valence electrons. The van der Waals surface area contributed by atoms with Crippen molar-refractivity contribution in [1.29, 1.82) is 5.26 Å². The van der Waals surface area contributed by atoms with Crippen LogP contribution in [0, 0.1) is 17.1 Å². The standard InChI is InChI=1S/C26H30FN7OS/c1-5-17-13-34(20-11-23(35)31(4)21-14-32(10-9-28)30-25(20)21)18(6-2)12-33(17)16(3)19-7-8-22-26(24(19)27)29-15-36-22/h7-8,11,14-18H,5-6,10,12-13H2,1-4H3/t16?,17-,18+/m1/s1. The normalized spacial score (nSPS) is 19.7. The summed E-state index contributed by atoms with van der Waals surface area (Å²) in [7, 11) is 1.73. The van der Waals surface area contributed by atoms with Gasteiger partial charge in [0.2, 0.25) is 0 Å². The molecule has 36 heavy (non-hydrogen) atoms. The molecule has 1 saturated heterocycles. The van der Waals surface area contributed by atoms with Gasteiger partial charge in [-0.05, 0) is 25.8 Å². The third-order valence-electron chi connectivity index (χ3n) is 7.58. The fourth-order valence-electron chi connectivity index (χ4n) is 5.48. The van der Waals surface area contributed by atoms with E-state index >= 15 is 4.39 Å². The number of aryl methyl sites for hydroxylation is 1. The lowest BCUT2D eigenvalue weighted by Crippen LogP contribution is -2.59. The molecule has 1 aliphatic heterocycles. The van der Waals surface area contributed by atoms with Crippen LogP contribution in [0.25, 0.3) is 21.3 Å². The van der Waals surface area contributed by atoms with Crippen molar-refractivity contribution in [3.05, 3.63) is 51.6 Å². The van der Waals surface area contributed by atoms with Crippen LogP contribution in [-0.2, 0) is 13.6 Å². The highest BCUT2D eigenvalue weighted by Crippen LogP contribution is 2.36. The summed E-state index contributed by atoms with van der Waals surface area (Å²) in [5.74, 6) is -0.233. The highest BCUT2D eigenvalue weighted by Gasteiger charge is 2.37. The maximum Gasteiger partial charge on any atom is 0.252 e. The molecule has 1 fully saturated rings. The van der Waals surface area contributed by atoms with E-state index < -0.39 is 0 Å². The highest BCUT2D eigenvalue weighted by molar-refractivity contribution is 7.16. The minimum Gasteiger partial charge on any atom is -0.364 e. The molecule has 1 aromatic carbocycles. The second kappa shape index (κ2) is 9.64. The van der Waals surface area contributed by atoms with Gasteiger partial charge in [0.1, 0.15) is 17.6 Å². The van der Waals surface area contributed by atoms with Crippen molar-refractivity contribution in [1.82, 2.24) is 24.2 Å². The first-order valence-electron chi connectivity index (χ1n) is 12.4. The number of anilines is 1.